The zero-order valence-corrected chi connectivity index (χ0v) is 16.7. The molecule has 0 saturated carbocycles. The summed E-state index contributed by atoms with van der Waals surface area (Å²) in [6.45, 7) is 3.52. The third-order valence-corrected chi connectivity index (χ3v) is 4.94. The summed E-state index contributed by atoms with van der Waals surface area (Å²) >= 11 is 0. The third-order valence-electron chi connectivity index (χ3n) is 3.59. The molecule has 0 heterocycles. The molecule has 1 rings (SSSR count). The van der Waals surface area contributed by atoms with E-state index in [-0.39, 0.29) is 36.0 Å². The summed E-state index contributed by atoms with van der Waals surface area (Å²) in [6.07, 6.45) is 6.39. The van der Waals surface area contributed by atoms with Crippen LogP contribution in [-0.2, 0) is 10.1 Å². The number of benzene rings is 1. The van der Waals surface area contributed by atoms with Crippen molar-refractivity contribution in [2.75, 3.05) is 0 Å². The standard InChI is InChI=1S/C16H26O4S.Na/c1-3-4-5-6-7-11-14-16(2,21(17,18)19)20-15-12-9-8-10-13-15;/h8-10,12-13H,3-7,11,14H2,1-2H3,(H,17,18,19);/q;+1/p-1. The fraction of sp³-hybridized carbons (Fsp3) is 0.625. The van der Waals surface area contributed by atoms with Gasteiger partial charge >= 0.3 is 29.6 Å². The monoisotopic (exact) mass is 336 g/mol. The SMILES string of the molecule is CCCCCCCCC(C)(Oc1ccccc1)S(=O)(=O)[O-].[Na+]. The van der Waals surface area contributed by atoms with Crippen LogP contribution in [0.25, 0.3) is 0 Å². The van der Waals surface area contributed by atoms with Gasteiger partial charge in [0.05, 0.1) is 0 Å². The summed E-state index contributed by atoms with van der Waals surface area (Å²) in [5, 5.41) is 0. The molecule has 0 fully saturated rings. The molecule has 0 aliphatic carbocycles. The molecule has 0 bridgehead atoms. The number of para-hydroxylation sites is 1. The van der Waals surface area contributed by atoms with Crippen molar-refractivity contribution in [1.29, 1.82) is 0 Å². The number of ether oxygens (including phenoxy) is 1. The first kappa shape index (κ1) is 21.9. The fourth-order valence-electron chi connectivity index (χ4n) is 2.19. The van der Waals surface area contributed by atoms with Gasteiger partial charge in [-0.15, -0.1) is 0 Å². The fourth-order valence-corrected chi connectivity index (χ4v) is 2.78. The summed E-state index contributed by atoms with van der Waals surface area (Å²) in [6, 6.07) is 8.62. The smallest absolute Gasteiger partial charge is 0.745 e. The van der Waals surface area contributed by atoms with E-state index in [0.717, 1.165) is 19.3 Å². The van der Waals surface area contributed by atoms with E-state index < -0.39 is 15.1 Å². The Hall–Kier alpha value is -0.0700. The molecular formula is C16H25NaO4S. The largest absolute Gasteiger partial charge is 1.00 e. The Morgan fingerprint density at radius 3 is 2.14 bits per heavy atom. The molecule has 0 radical (unpaired) electrons. The molecule has 0 saturated heterocycles. The predicted octanol–water partition coefficient (Wildman–Crippen LogP) is 1.08. The molecule has 1 unspecified atom stereocenters. The van der Waals surface area contributed by atoms with E-state index in [1.165, 1.54) is 19.8 Å². The summed E-state index contributed by atoms with van der Waals surface area (Å²) < 4.78 is 40.1. The topological polar surface area (TPSA) is 66.4 Å². The van der Waals surface area contributed by atoms with Crippen LogP contribution >= 0.6 is 0 Å². The number of hydrogen-bond donors (Lipinski definition) is 0. The van der Waals surface area contributed by atoms with Crippen molar-refractivity contribution in [3.63, 3.8) is 0 Å². The molecule has 22 heavy (non-hydrogen) atoms. The molecule has 0 amide bonds. The van der Waals surface area contributed by atoms with Crippen LogP contribution < -0.4 is 34.3 Å². The maximum absolute atomic E-state index is 11.5. The van der Waals surface area contributed by atoms with Gasteiger partial charge in [0.2, 0.25) is 0 Å². The normalized spacial score (nSPS) is 14.0. The minimum absolute atomic E-state index is 0. The number of rotatable bonds is 10. The van der Waals surface area contributed by atoms with E-state index in [9.17, 15) is 13.0 Å². The van der Waals surface area contributed by atoms with Crippen LogP contribution in [0.3, 0.4) is 0 Å². The van der Waals surface area contributed by atoms with Crippen molar-refractivity contribution >= 4 is 10.1 Å². The Bertz CT molecular complexity index is 504. The maximum Gasteiger partial charge on any atom is 1.00 e. The molecule has 0 spiro atoms. The first-order chi connectivity index (χ1) is 9.89. The average Bonchev–Trinajstić information content (AvgIpc) is 2.42. The van der Waals surface area contributed by atoms with Crippen LogP contribution in [0, 0.1) is 0 Å². The van der Waals surface area contributed by atoms with Gasteiger partial charge in [0, 0.05) is 6.42 Å². The van der Waals surface area contributed by atoms with Crippen LogP contribution in [-0.4, -0.2) is 17.9 Å². The summed E-state index contributed by atoms with van der Waals surface area (Å²) in [7, 11) is -4.53. The molecule has 0 N–H and O–H groups in total. The van der Waals surface area contributed by atoms with Crippen molar-refractivity contribution in [1.82, 2.24) is 0 Å². The van der Waals surface area contributed by atoms with E-state index in [1.807, 2.05) is 6.07 Å². The molecule has 0 aliphatic rings. The molecule has 6 heteroatoms. The first-order valence-corrected chi connectivity index (χ1v) is 8.99. The molecular weight excluding hydrogens is 311 g/mol. The first-order valence-electron chi connectivity index (χ1n) is 7.58. The van der Waals surface area contributed by atoms with Gasteiger partial charge in [-0.05, 0) is 25.5 Å². The quantitative estimate of drug-likeness (QED) is 0.364. The van der Waals surface area contributed by atoms with E-state index in [2.05, 4.69) is 6.92 Å². The van der Waals surface area contributed by atoms with Crippen molar-refractivity contribution in [2.45, 2.75) is 63.7 Å². The molecule has 1 aromatic carbocycles. The molecule has 0 aliphatic heterocycles. The second-order valence-corrected chi connectivity index (χ2v) is 7.29. The zero-order valence-electron chi connectivity index (χ0n) is 13.9. The Morgan fingerprint density at radius 1 is 1.05 bits per heavy atom. The van der Waals surface area contributed by atoms with Gasteiger partial charge in [-0.2, -0.15) is 0 Å². The maximum atomic E-state index is 11.5. The van der Waals surface area contributed by atoms with Crippen molar-refractivity contribution in [3.05, 3.63) is 30.3 Å². The number of hydrogen-bond acceptors (Lipinski definition) is 4. The van der Waals surface area contributed by atoms with Gasteiger partial charge in [0.25, 0.3) is 0 Å². The Labute approximate surface area is 156 Å². The molecule has 1 aromatic rings. The van der Waals surface area contributed by atoms with Gasteiger partial charge in [0.15, 0.2) is 4.93 Å². The predicted molar refractivity (Wildman–Crippen MR) is 83.2 cm³/mol. The molecule has 1 atom stereocenters. The van der Waals surface area contributed by atoms with Crippen LogP contribution in [0.15, 0.2) is 30.3 Å². The van der Waals surface area contributed by atoms with Crippen molar-refractivity contribution in [3.8, 4) is 5.75 Å². The van der Waals surface area contributed by atoms with Crippen LogP contribution in [0.2, 0.25) is 0 Å². The van der Waals surface area contributed by atoms with E-state index in [1.54, 1.807) is 24.3 Å². The third kappa shape index (κ3) is 7.47. The average molecular weight is 336 g/mol. The van der Waals surface area contributed by atoms with Gasteiger partial charge in [-0.25, -0.2) is 8.42 Å². The molecule has 4 nitrogen and oxygen atoms in total. The minimum atomic E-state index is -4.53. The number of unbranched alkanes of at least 4 members (excludes halogenated alkanes) is 5. The molecule has 120 valence electrons. The van der Waals surface area contributed by atoms with Gasteiger partial charge in [-0.1, -0.05) is 57.2 Å². The van der Waals surface area contributed by atoms with Gasteiger partial charge in [0.1, 0.15) is 15.9 Å². The second kappa shape index (κ2) is 10.7. The summed E-state index contributed by atoms with van der Waals surface area (Å²) in [4.78, 5) is -1.70. The minimum Gasteiger partial charge on any atom is -0.745 e. The summed E-state index contributed by atoms with van der Waals surface area (Å²) in [5.74, 6) is 0.408. The molecule has 0 aromatic heterocycles. The summed E-state index contributed by atoms with van der Waals surface area (Å²) in [5.41, 5.74) is 0. The van der Waals surface area contributed by atoms with Crippen molar-refractivity contribution < 1.29 is 47.3 Å². The van der Waals surface area contributed by atoms with Gasteiger partial charge in [-0.3, -0.25) is 0 Å². The van der Waals surface area contributed by atoms with E-state index in [4.69, 9.17) is 4.74 Å². The van der Waals surface area contributed by atoms with Gasteiger partial charge < -0.3 is 9.29 Å². The Morgan fingerprint density at radius 2 is 1.59 bits per heavy atom. The Balaban J connectivity index is 0.00000441. The van der Waals surface area contributed by atoms with Crippen molar-refractivity contribution in [2.24, 2.45) is 0 Å². The van der Waals surface area contributed by atoms with E-state index >= 15 is 0 Å². The van der Waals surface area contributed by atoms with Crippen LogP contribution in [0.5, 0.6) is 5.75 Å². The van der Waals surface area contributed by atoms with Crippen LogP contribution in [0.1, 0.15) is 58.8 Å². The van der Waals surface area contributed by atoms with E-state index in [0.29, 0.717) is 12.2 Å². The second-order valence-electron chi connectivity index (χ2n) is 5.52. The van der Waals surface area contributed by atoms with Crippen LogP contribution in [0.4, 0.5) is 0 Å². The Kier molecular flexibility index (Phi) is 10.6. The zero-order chi connectivity index (χ0) is 15.8.